The largest absolute Gasteiger partial charge is 0.339 e. The van der Waals surface area contributed by atoms with E-state index in [-0.39, 0.29) is 0 Å². The number of aryl methyl sites for hydroxylation is 1. The van der Waals surface area contributed by atoms with Gasteiger partial charge in [-0.3, -0.25) is 4.98 Å². The van der Waals surface area contributed by atoms with Gasteiger partial charge in [0.15, 0.2) is 0 Å². The number of nitrogens with zero attached hydrogens (tertiary/aromatic N) is 3. The number of piperidine rings is 1. The van der Waals surface area contributed by atoms with Gasteiger partial charge in [-0.2, -0.15) is 4.98 Å². The Balaban J connectivity index is 1.88. The minimum absolute atomic E-state index is 0.349. The van der Waals surface area contributed by atoms with E-state index in [1.807, 2.05) is 12.3 Å². The molecule has 0 amide bonds. The first kappa shape index (κ1) is 12.3. The maximum Gasteiger partial charge on any atom is 0.231 e. The number of pyridine rings is 1. The zero-order valence-corrected chi connectivity index (χ0v) is 11.1. The second-order valence-electron chi connectivity index (χ2n) is 4.89. The summed E-state index contributed by atoms with van der Waals surface area (Å²) in [5.74, 6) is 1.78. The van der Waals surface area contributed by atoms with E-state index in [4.69, 9.17) is 4.52 Å². The Morgan fingerprint density at radius 1 is 1.47 bits per heavy atom. The molecule has 2 aromatic heterocycles. The van der Waals surface area contributed by atoms with E-state index in [9.17, 15) is 0 Å². The van der Waals surface area contributed by atoms with Gasteiger partial charge >= 0.3 is 0 Å². The number of aromatic nitrogens is 3. The fourth-order valence-corrected chi connectivity index (χ4v) is 2.50. The SMILES string of the molecule is CCc1cnccc1-c1noc(C2CCCNC2)n1. The van der Waals surface area contributed by atoms with Crippen LogP contribution in [0.5, 0.6) is 0 Å². The molecule has 5 heteroatoms. The van der Waals surface area contributed by atoms with Crippen LogP contribution >= 0.6 is 0 Å². The highest BCUT2D eigenvalue weighted by molar-refractivity contribution is 5.58. The molecule has 3 rings (SSSR count). The van der Waals surface area contributed by atoms with Crippen LogP contribution in [0.1, 0.15) is 37.1 Å². The Hall–Kier alpha value is -1.75. The third-order valence-corrected chi connectivity index (χ3v) is 3.61. The van der Waals surface area contributed by atoms with Crippen molar-refractivity contribution in [3.05, 3.63) is 29.9 Å². The summed E-state index contributed by atoms with van der Waals surface area (Å²) in [6, 6.07) is 1.95. The average molecular weight is 258 g/mol. The van der Waals surface area contributed by atoms with Gasteiger partial charge in [-0.05, 0) is 37.4 Å². The molecule has 0 aromatic carbocycles. The minimum atomic E-state index is 0.349. The van der Waals surface area contributed by atoms with Gasteiger partial charge in [0.2, 0.25) is 11.7 Å². The normalized spacial score (nSPS) is 19.5. The Labute approximate surface area is 112 Å². The lowest BCUT2D eigenvalue weighted by atomic mass is 10.00. The van der Waals surface area contributed by atoms with E-state index in [0.29, 0.717) is 11.7 Å². The van der Waals surface area contributed by atoms with Gasteiger partial charge < -0.3 is 9.84 Å². The van der Waals surface area contributed by atoms with Crippen molar-refractivity contribution in [2.45, 2.75) is 32.1 Å². The van der Waals surface area contributed by atoms with Crippen molar-refractivity contribution in [1.82, 2.24) is 20.4 Å². The predicted molar refractivity (Wildman–Crippen MR) is 71.8 cm³/mol. The Morgan fingerprint density at radius 2 is 2.42 bits per heavy atom. The molecule has 1 atom stereocenters. The summed E-state index contributed by atoms with van der Waals surface area (Å²) >= 11 is 0. The molecular weight excluding hydrogens is 240 g/mol. The maximum atomic E-state index is 5.44. The van der Waals surface area contributed by atoms with E-state index in [2.05, 4.69) is 27.4 Å². The van der Waals surface area contributed by atoms with Gasteiger partial charge in [-0.25, -0.2) is 0 Å². The molecule has 0 bridgehead atoms. The fraction of sp³-hybridized carbons (Fsp3) is 0.500. The molecule has 1 N–H and O–H groups in total. The lowest BCUT2D eigenvalue weighted by molar-refractivity contribution is 0.322. The number of hydrogen-bond donors (Lipinski definition) is 1. The van der Waals surface area contributed by atoms with Crippen LogP contribution in [0, 0.1) is 0 Å². The van der Waals surface area contributed by atoms with Crippen LogP contribution in [0.3, 0.4) is 0 Å². The van der Waals surface area contributed by atoms with Crippen molar-refractivity contribution >= 4 is 0 Å². The monoisotopic (exact) mass is 258 g/mol. The van der Waals surface area contributed by atoms with E-state index >= 15 is 0 Å². The summed E-state index contributed by atoms with van der Waals surface area (Å²) in [6.07, 6.45) is 6.84. The quantitative estimate of drug-likeness (QED) is 0.914. The Morgan fingerprint density at radius 3 is 3.21 bits per heavy atom. The van der Waals surface area contributed by atoms with Crippen LogP contribution in [0.25, 0.3) is 11.4 Å². The summed E-state index contributed by atoms with van der Waals surface area (Å²) in [4.78, 5) is 8.71. The fourth-order valence-electron chi connectivity index (χ4n) is 2.50. The zero-order valence-electron chi connectivity index (χ0n) is 11.1. The zero-order chi connectivity index (χ0) is 13.1. The molecule has 0 aliphatic carbocycles. The molecule has 5 nitrogen and oxygen atoms in total. The molecule has 3 heterocycles. The molecule has 1 aliphatic rings. The topological polar surface area (TPSA) is 63.8 Å². The summed E-state index contributed by atoms with van der Waals surface area (Å²) in [5.41, 5.74) is 2.17. The van der Waals surface area contributed by atoms with Gasteiger partial charge in [-0.15, -0.1) is 0 Å². The van der Waals surface area contributed by atoms with Crippen molar-refractivity contribution in [2.75, 3.05) is 13.1 Å². The van der Waals surface area contributed by atoms with E-state index in [1.54, 1.807) is 6.20 Å². The van der Waals surface area contributed by atoms with Crippen LogP contribution < -0.4 is 5.32 Å². The maximum absolute atomic E-state index is 5.44. The second-order valence-corrected chi connectivity index (χ2v) is 4.89. The number of hydrogen-bond acceptors (Lipinski definition) is 5. The van der Waals surface area contributed by atoms with E-state index < -0.39 is 0 Å². The first-order valence-corrected chi connectivity index (χ1v) is 6.86. The van der Waals surface area contributed by atoms with E-state index in [0.717, 1.165) is 49.4 Å². The molecule has 1 aliphatic heterocycles. The molecular formula is C14H18N4O. The highest BCUT2D eigenvalue weighted by Gasteiger charge is 2.22. The molecule has 0 saturated carbocycles. The molecule has 0 radical (unpaired) electrons. The molecule has 0 spiro atoms. The van der Waals surface area contributed by atoms with Crippen molar-refractivity contribution in [2.24, 2.45) is 0 Å². The van der Waals surface area contributed by atoms with Crippen LogP contribution in [-0.4, -0.2) is 28.2 Å². The van der Waals surface area contributed by atoms with Gasteiger partial charge in [0.05, 0.1) is 5.92 Å². The van der Waals surface area contributed by atoms with Crippen LogP contribution in [-0.2, 0) is 6.42 Å². The summed E-state index contributed by atoms with van der Waals surface area (Å²) in [7, 11) is 0. The highest BCUT2D eigenvalue weighted by Crippen LogP contribution is 2.25. The van der Waals surface area contributed by atoms with Crippen molar-refractivity contribution in [1.29, 1.82) is 0 Å². The summed E-state index contributed by atoms with van der Waals surface area (Å²) in [5, 5.41) is 7.50. The molecule has 1 fully saturated rings. The molecule has 19 heavy (non-hydrogen) atoms. The standard InChI is InChI=1S/C14H18N4O/c1-2-10-8-16-7-5-12(10)13-17-14(19-18-13)11-4-3-6-15-9-11/h5,7-8,11,15H,2-4,6,9H2,1H3. The molecule has 100 valence electrons. The van der Waals surface area contributed by atoms with Crippen LogP contribution in [0.4, 0.5) is 0 Å². The van der Waals surface area contributed by atoms with E-state index in [1.165, 1.54) is 0 Å². The first-order valence-electron chi connectivity index (χ1n) is 6.86. The van der Waals surface area contributed by atoms with Crippen molar-refractivity contribution in [3.63, 3.8) is 0 Å². The third kappa shape index (κ3) is 2.51. The second kappa shape index (κ2) is 5.48. The lowest BCUT2D eigenvalue weighted by Crippen LogP contribution is -2.28. The van der Waals surface area contributed by atoms with Gasteiger partial charge in [-0.1, -0.05) is 12.1 Å². The van der Waals surface area contributed by atoms with Crippen molar-refractivity contribution < 1.29 is 4.52 Å². The highest BCUT2D eigenvalue weighted by atomic mass is 16.5. The minimum Gasteiger partial charge on any atom is -0.339 e. The average Bonchev–Trinajstić information content (AvgIpc) is 2.98. The Bertz CT molecular complexity index is 546. The van der Waals surface area contributed by atoms with Gasteiger partial charge in [0.1, 0.15) is 0 Å². The first-order chi connectivity index (χ1) is 9.38. The Kier molecular flexibility index (Phi) is 3.55. The van der Waals surface area contributed by atoms with Gasteiger partial charge in [0.25, 0.3) is 0 Å². The van der Waals surface area contributed by atoms with Crippen molar-refractivity contribution in [3.8, 4) is 11.4 Å². The molecule has 2 aromatic rings. The molecule has 1 saturated heterocycles. The van der Waals surface area contributed by atoms with Crippen LogP contribution in [0.2, 0.25) is 0 Å². The van der Waals surface area contributed by atoms with Crippen LogP contribution in [0.15, 0.2) is 23.0 Å². The number of nitrogens with one attached hydrogen (secondary N) is 1. The summed E-state index contributed by atoms with van der Waals surface area (Å²) in [6.45, 7) is 4.12. The lowest BCUT2D eigenvalue weighted by Gasteiger charge is -2.18. The number of rotatable bonds is 3. The third-order valence-electron chi connectivity index (χ3n) is 3.61. The predicted octanol–water partition coefficient (Wildman–Crippen LogP) is 2.16. The molecule has 1 unspecified atom stereocenters. The van der Waals surface area contributed by atoms with Gasteiger partial charge in [0, 0.05) is 24.5 Å². The smallest absolute Gasteiger partial charge is 0.231 e. The summed E-state index contributed by atoms with van der Waals surface area (Å²) < 4.78 is 5.44.